The molecule has 0 spiro atoms. The molecule has 1 aliphatic rings. The van der Waals surface area contributed by atoms with Gasteiger partial charge in [-0.25, -0.2) is 0 Å². The van der Waals surface area contributed by atoms with Gasteiger partial charge in [-0.15, -0.1) is 0 Å². The van der Waals surface area contributed by atoms with Crippen LogP contribution in [-0.4, -0.2) is 26.7 Å². The average Bonchev–Trinajstić information content (AvgIpc) is 3.19. The zero-order valence-corrected chi connectivity index (χ0v) is 21.3. The van der Waals surface area contributed by atoms with Gasteiger partial charge in [0, 0.05) is 24.5 Å². The number of hydrogen-bond donors (Lipinski definition) is 1. The maximum absolute atomic E-state index is 13.4. The number of rotatable bonds is 7. The van der Waals surface area contributed by atoms with Gasteiger partial charge in [0.2, 0.25) is 0 Å². The van der Waals surface area contributed by atoms with E-state index in [0.717, 1.165) is 22.3 Å². The summed E-state index contributed by atoms with van der Waals surface area (Å²) in [5.41, 5.74) is 4.91. The summed E-state index contributed by atoms with van der Waals surface area (Å²) in [7, 11) is 0. The van der Waals surface area contributed by atoms with Crippen molar-refractivity contribution in [3.63, 3.8) is 0 Å². The first kappa shape index (κ1) is 25.0. The van der Waals surface area contributed by atoms with Crippen LogP contribution in [0.25, 0.3) is 5.76 Å². The van der Waals surface area contributed by atoms with E-state index in [4.69, 9.17) is 4.74 Å². The smallest absolute Gasteiger partial charge is 0.295 e. The summed E-state index contributed by atoms with van der Waals surface area (Å²) < 4.78 is 5.93. The van der Waals surface area contributed by atoms with Crippen molar-refractivity contribution in [2.45, 2.75) is 33.0 Å². The maximum atomic E-state index is 13.4. The number of aliphatic hydroxyl groups excluding tert-OH is 1. The fourth-order valence-electron chi connectivity index (χ4n) is 4.70. The predicted octanol–water partition coefficient (Wildman–Crippen LogP) is 5.90. The van der Waals surface area contributed by atoms with Crippen LogP contribution in [0.4, 0.5) is 0 Å². The number of ether oxygens (including phenoxy) is 1. The summed E-state index contributed by atoms with van der Waals surface area (Å²) >= 11 is 0. The number of carbonyl (C=O) groups is 2. The minimum absolute atomic E-state index is 0.0746. The van der Waals surface area contributed by atoms with E-state index in [1.807, 2.05) is 92.7 Å². The SMILES string of the molecule is Cc1ccc(C)c(/C(O)=C2\C(=O)C(=O)N(Cc3cccnc3)C2c2ccc(OCc3ccccc3)cc2)c1. The topological polar surface area (TPSA) is 79.7 Å². The molecule has 1 aliphatic heterocycles. The molecule has 1 unspecified atom stereocenters. The number of aromatic nitrogens is 1. The fraction of sp³-hybridized carbons (Fsp3) is 0.156. The van der Waals surface area contributed by atoms with Gasteiger partial charge in [0.1, 0.15) is 18.1 Å². The summed E-state index contributed by atoms with van der Waals surface area (Å²) in [5.74, 6) is -0.874. The molecule has 190 valence electrons. The molecule has 6 nitrogen and oxygen atoms in total. The lowest BCUT2D eigenvalue weighted by Crippen LogP contribution is -2.29. The second-order valence-electron chi connectivity index (χ2n) is 9.45. The van der Waals surface area contributed by atoms with Crippen LogP contribution in [0.5, 0.6) is 5.75 Å². The van der Waals surface area contributed by atoms with Crippen LogP contribution in [0.2, 0.25) is 0 Å². The minimum Gasteiger partial charge on any atom is -0.507 e. The second kappa shape index (κ2) is 10.7. The molecule has 0 bridgehead atoms. The number of carbonyl (C=O) groups excluding carboxylic acids is 2. The first-order chi connectivity index (χ1) is 18.4. The first-order valence-corrected chi connectivity index (χ1v) is 12.4. The molecule has 0 saturated carbocycles. The molecule has 6 heteroatoms. The number of ketones is 1. The number of nitrogens with zero attached hydrogens (tertiary/aromatic N) is 2. The van der Waals surface area contributed by atoms with Gasteiger partial charge in [-0.05, 0) is 60.4 Å². The van der Waals surface area contributed by atoms with Crippen molar-refractivity contribution in [3.05, 3.63) is 136 Å². The number of amides is 1. The summed E-state index contributed by atoms with van der Waals surface area (Å²) in [5, 5.41) is 11.4. The second-order valence-corrected chi connectivity index (χ2v) is 9.45. The fourth-order valence-corrected chi connectivity index (χ4v) is 4.70. The third-order valence-electron chi connectivity index (χ3n) is 6.71. The van der Waals surface area contributed by atoms with Gasteiger partial charge in [-0.1, -0.05) is 66.2 Å². The van der Waals surface area contributed by atoms with Crippen molar-refractivity contribution >= 4 is 17.4 Å². The zero-order chi connectivity index (χ0) is 26.6. The molecule has 1 amide bonds. The molecule has 0 aliphatic carbocycles. The Balaban J connectivity index is 1.54. The highest BCUT2D eigenvalue weighted by Crippen LogP contribution is 2.41. The van der Waals surface area contributed by atoms with Crippen LogP contribution in [-0.2, 0) is 22.7 Å². The van der Waals surface area contributed by atoms with Crippen LogP contribution >= 0.6 is 0 Å². The molecule has 4 aromatic rings. The van der Waals surface area contributed by atoms with Crippen molar-refractivity contribution in [2.24, 2.45) is 0 Å². The Labute approximate surface area is 221 Å². The molecule has 1 aromatic heterocycles. The first-order valence-electron chi connectivity index (χ1n) is 12.4. The van der Waals surface area contributed by atoms with Crippen LogP contribution in [0, 0.1) is 13.8 Å². The van der Waals surface area contributed by atoms with E-state index in [0.29, 0.717) is 23.5 Å². The standard InChI is InChI=1S/C32H28N2O4/c1-21-10-11-22(2)27(17-21)30(35)28-29(34(32(37)31(28)36)19-24-9-6-16-33-18-24)25-12-14-26(15-13-25)38-20-23-7-4-3-5-8-23/h3-18,29,35H,19-20H2,1-2H3/b30-28+. The van der Waals surface area contributed by atoms with Crippen molar-refractivity contribution in [1.29, 1.82) is 0 Å². The highest BCUT2D eigenvalue weighted by atomic mass is 16.5. The molecule has 1 saturated heterocycles. The molecule has 38 heavy (non-hydrogen) atoms. The van der Waals surface area contributed by atoms with E-state index < -0.39 is 17.7 Å². The molecule has 1 N–H and O–H groups in total. The lowest BCUT2D eigenvalue weighted by atomic mass is 9.93. The summed E-state index contributed by atoms with van der Waals surface area (Å²) in [6.07, 6.45) is 3.32. The third-order valence-corrected chi connectivity index (χ3v) is 6.71. The van der Waals surface area contributed by atoms with Crippen molar-refractivity contribution in [3.8, 4) is 5.75 Å². The van der Waals surface area contributed by atoms with Gasteiger partial charge < -0.3 is 14.7 Å². The van der Waals surface area contributed by atoms with Gasteiger partial charge in [-0.2, -0.15) is 0 Å². The van der Waals surface area contributed by atoms with E-state index >= 15 is 0 Å². The largest absolute Gasteiger partial charge is 0.507 e. The lowest BCUT2D eigenvalue weighted by Gasteiger charge is -2.25. The normalized spacial score (nSPS) is 16.6. The van der Waals surface area contributed by atoms with Crippen molar-refractivity contribution in [2.75, 3.05) is 0 Å². The van der Waals surface area contributed by atoms with E-state index in [1.165, 1.54) is 4.90 Å². The van der Waals surface area contributed by atoms with Gasteiger partial charge in [0.15, 0.2) is 0 Å². The van der Waals surface area contributed by atoms with Gasteiger partial charge in [0.05, 0.1) is 11.6 Å². The van der Waals surface area contributed by atoms with Crippen LogP contribution in [0.3, 0.4) is 0 Å². The van der Waals surface area contributed by atoms with Crippen molar-refractivity contribution in [1.82, 2.24) is 9.88 Å². The number of pyridine rings is 1. The Morgan fingerprint density at radius 1 is 0.921 bits per heavy atom. The van der Waals surface area contributed by atoms with E-state index in [9.17, 15) is 14.7 Å². The Bertz CT molecular complexity index is 1500. The number of benzene rings is 3. The Kier molecular flexibility index (Phi) is 7.05. The molecule has 5 rings (SSSR count). The Hall–Kier alpha value is -4.71. The van der Waals surface area contributed by atoms with Gasteiger partial charge >= 0.3 is 0 Å². The van der Waals surface area contributed by atoms with E-state index in [2.05, 4.69) is 4.98 Å². The molecule has 1 atom stereocenters. The summed E-state index contributed by atoms with van der Waals surface area (Å²) in [4.78, 5) is 32.3. The van der Waals surface area contributed by atoms with Crippen molar-refractivity contribution < 1.29 is 19.4 Å². The van der Waals surface area contributed by atoms with E-state index in [-0.39, 0.29) is 17.9 Å². The molecular formula is C32H28N2O4. The van der Waals surface area contributed by atoms with Gasteiger partial charge in [0.25, 0.3) is 11.7 Å². The Morgan fingerprint density at radius 2 is 1.66 bits per heavy atom. The predicted molar refractivity (Wildman–Crippen MR) is 145 cm³/mol. The van der Waals surface area contributed by atoms with Crippen LogP contribution < -0.4 is 4.74 Å². The third kappa shape index (κ3) is 5.06. The Morgan fingerprint density at radius 3 is 2.37 bits per heavy atom. The number of hydrogen-bond acceptors (Lipinski definition) is 5. The number of likely N-dealkylation sites (tertiary alicyclic amines) is 1. The van der Waals surface area contributed by atoms with E-state index in [1.54, 1.807) is 18.5 Å². The molecule has 0 radical (unpaired) electrons. The minimum atomic E-state index is -0.765. The monoisotopic (exact) mass is 504 g/mol. The maximum Gasteiger partial charge on any atom is 0.295 e. The van der Waals surface area contributed by atoms with Crippen LogP contribution in [0.1, 0.15) is 39.4 Å². The summed E-state index contributed by atoms with van der Waals surface area (Å²) in [6.45, 7) is 4.39. The average molecular weight is 505 g/mol. The number of aliphatic hydroxyl groups is 1. The van der Waals surface area contributed by atoms with Gasteiger partial charge in [-0.3, -0.25) is 14.6 Å². The zero-order valence-electron chi connectivity index (χ0n) is 21.3. The number of Topliss-reactive ketones (excluding diaryl/α,β-unsaturated/α-hetero) is 1. The molecule has 2 heterocycles. The summed E-state index contributed by atoms with van der Waals surface area (Å²) in [6, 6.07) is 25.7. The molecular weight excluding hydrogens is 476 g/mol. The lowest BCUT2D eigenvalue weighted by molar-refractivity contribution is -0.140. The van der Waals surface area contributed by atoms with Crippen LogP contribution in [0.15, 0.2) is 103 Å². The molecule has 1 fully saturated rings. The number of aryl methyl sites for hydroxylation is 2. The molecule has 3 aromatic carbocycles. The quantitative estimate of drug-likeness (QED) is 0.193. The highest BCUT2D eigenvalue weighted by Gasteiger charge is 2.46. The highest BCUT2D eigenvalue weighted by molar-refractivity contribution is 6.46.